The van der Waals surface area contributed by atoms with E-state index in [-0.39, 0.29) is 12.6 Å². The summed E-state index contributed by atoms with van der Waals surface area (Å²) in [5.41, 5.74) is 1.62. The first-order valence-electron chi connectivity index (χ1n) is 9.65. The molecule has 0 fully saturated rings. The van der Waals surface area contributed by atoms with Gasteiger partial charge in [0.15, 0.2) is 5.96 Å². The Morgan fingerprint density at radius 3 is 2.38 bits per heavy atom. The number of nitrogens with zero attached hydrogens (tertiary/aromatic N) is 1. The number of halogens is 3. The van der Waals surface area contributed by atoms with Crippen molar-refractivity contribution in [1.29, 1.82) is 0 Å². The number of carbonyl (C=O) groups excluding carboxylic acids is 1. The molecule has 1 rings (SSSR count). The Bertz CT molecular complexity index is 620. The summed E-state index contributed by atoms with van der Waals surface area (Å²) in [6, 6.07) is 7.13. The number of unbranched alkanes of at least 4 members (excludes halogenated alkanes) is 2. The molecule has 0 aliphatic rings. The minimum atomic E-state index is -4.31. The van der Waals surface area contributed by atoms with E-state index in [1.165, 1.54) is 7.11 Å². The fraction of sp³-hybridized carbons (Fsp3) is 0.600. The smallest absolute Gasteiger partial charge is 0.411 e. The van der Waals surface area contributed by atoms with Crippen LogP contribution in [0.4, 0.5) is 13.2 Å². The first-order valence-corrected chi connectivity index (χ1v) is 9.65. The molecule has 29 heavy (non-hydrogen) atoms. The summed E-state index contributed by atoms with van der Waals surface area (Å²) >= 11 is 0. The summed E-state index contributed by atoms with van der Waals surface area (Å²) in [5, 5.41) is 6.41. The fourth-order valence-corrected chi connectivity index (χ4v) is 2.42. The molecule has 0 aliphatic carbocycles. The molecule has 0 spiro atoms. The van der Waals surface area contributed by atoms with E-state index in [2.05, 4.69) is 25.1 Å². The molecule has 0 aromatic heterocycles. The Morgan fingerprint density at radius 1 is 1.07 bits per heavy atom. The van der Waals surface area contributed by atoms with E-state index in [0.717, 1.165) is 37.9 Å². The van der Waals surface area contributed by atoms with Crippen LogP contribution in [0.25, 0.3) is 0 Å². The zero-order chi connectivity index (χ0) is 21.5. The summed E-state index contributed by atoms with van der Waals surface area (Å²) in [4.78, 5) is 15.6. The van der Waals surface area contributed by atoms with Gasteiger partial charge >= 0.3 is 12.1 Å². The Kier molecular flexibility index (Phi) is 11.8. The molecule has 0 aliphatic heterocycles. The lowest BCUT2D eigenvalue weighted by Crippen LogP contribution is -2.37. The van der Waals surface area contributed by atoms with Gasteiger partial charge < -0.3 is 20.1 Å². The van der Waals surface area contributed by atoms with E-state index < -0.39 is 12.8 Å². The van der Waals surface area contributed by atoms with Gasteiger partial charge in [-0.25, -0.2) is 4.99 Å². The molecule has 0 atom stereocenters. The summed E-state index contributed by atoms with van der Waals surface area (Å²) in [7, 11) is 1.39. The molecule has 0 amide bonds. The molecule has 0 saturated heterocycles. The molecule has 0 radical (unpaired) electrons. The third-order valence-corrected chi connectivity index (χ3v) is 3.90. The zero-order valence-corrected chi connectivity index (χ0v) is 17.0. The van der Waals surface area contributed by atoms with Gasteiger partial charge in [-0.1, -0.05) is 30.7 Å². The molecular weight excluding hydrogens is 387 g/mol. The number of carbonyl (C=O) groups is 1. The minimum Gasteiger partial charge on any atom is -0.469 e. The van der Waals surface area contributed by atoms with Crippen LogP contribution < -0.4 is 10.6 Å². The lowest BCUT2D eigenvalue weighted by Gasteiger charge is -2.11. The average Bonchev–Trinajstić information content (AvgIpc) is 2.68. The van der Waals surface area contributed by atoms with E-state index in [4.69, 9.17) is 0 Å². The van der Waals surface area contributed by atoms with Gasteiger partial charge in [0, 0.05) is 19.5 Å². The molecular formula is C20H30F3N3O3. The highest BCUT2D eigenvalue weighted by atomic mass is 19.4. The van der Waals surface area contributed by atoms with Crippen molar-refractivity contribution in [2.75, 3.05) is 26.8 Å². The number of ether oxygens (including phenoxy) is 2. The van der Waals surface area contributed by atoms with E-state index in [1.807, 2.05) is 19.1 Å². The first kappa shape index (κ1) is 24.7. The van der Waals surface area contributed by atoms with E-state index in [1.54, 1.807) is 12.1 Å². The predicted octanol–water partition coefficient (Wildman–Crippen LogP) is 3.55. The van der Waals surface area contributed by atoms with E-state index in [9.17, 15) is 18.0 Å². The van der Waals surface area contributed by atoms with Crippen LogP contribution in [0.5, 0.6) is 0 Å². The van der Waals surface area contributed by atoms with Crippen molar-refractivity contribution in [3.8, 4) is 0 Å². The summed E-state index contributed by atoms with van der Waals surface area (Å²) in [6.45, 7) is 2.56. The van der Waals surface area contributed by atoms with Gasteiger partial charge in [0.1, 0.15) is 6.61 Å². The van der Waals surface area contributed by atoms with Gasteiger partial charge in [0.2, 0.25) is 0 Å². The van der Waals surface area contributed by atoms with Gasteiger partial charge in [0.25, 0.3) is 0 Å². The number of benzene rings is 1. The number of methoxy groups -OCH3 is 1. The Balaban J connectivity index is 2.37. The second kappa shape index (κ2) is 13.8. The largest absolute Gasteiger partial charge is 0.469 e. The third-order valence-electron chi connectivity index (χ3n) is 3.90. The van der Waals surface area contributed by atoms with Gasteiger partial charge in [0.05, 0.1) is 20.3 Å². The lowest BCUT2D eigenvalue weighted by molar-refractivity contribution is -0.176. The fourth-order valence-electron chi connectivity index (χ4n) is 2.42. The number of hydrogen-bond donors (Lipinski definition) is 2. The highest BCUT2D eigenvalue weighted by molar-refractivity contribution is 5.79. The number of aliphatic imine (C=N–C) groups is 1. The van der Waals surface area contributed by atoms with Crippen LogP contribution >= 0.6 is 0 Å². The van der Waals surface area contributed by atoms with Crippen molar-refractivity contribution in [3.05, 3.63) is 35.4 Å². The molecule has 2 N–H and O–H groups in total. The second-order valence-corrected chi connectivity index (χ2v) is 6.43. The molecule has 164 valence electrons. The van der Waals surface area contributed by atoms with Gasteiger partial charge in [-0.15, -0.1) is 0 Å². The third kappa shape index (κ3) is 12.7. The molecule has 0 heterocycles. The molecule has 1 aromatic carbocycles. The van der Waals surface area contributed by atoms with Crippen molar-refractivity contribution in [1.82, 2.24) is 10.6 Å². The Morgan fingerprint density at radius 2 is 1.76 bits per heavy atom. The number of nitrogens with one attached hydrogen (secondary N) is 2. The van der Waals surface area contributed by atoms with E-state index in [0.29, 0.717) is 24.5 Å². The Labute approximate surface area is 169 Å². The molecule has 0 unspecified atom stereocenters. The van der Waals surface area contributed by atoms with Crippen molar-refractivity contribution >= 4 is 11.9 Å². The molecule has 0 bridgehead atoms. The first-order chi connectivity index (χ1) is 13.8. The van der Waals surface area contributed by atoms with Crippen LogP contribution in [0.2, 0.25) is 0 Å². The highest BCUT2D eigenvalue weighted by Crippen LogP contribution is 2.16. The lowest BCUT2D eigenvalue weighted by atomic mass is 10.1. The van der Waals surface area contributed by atoms with Crippen molar-refractivity contribution in [2.45, 2.75) is 51.9 Å². The number of hydrogen-bond acceptors (Lipinski definition) is 4. The van der Waals surface area contributed by atoms with Gasteiger partial charge in [-0.2, -0.15) is 13.2 Å². The van der Waals surface area contributed by atoms with Crippen molar-refractivity contribution in [3.63, 3.8) is 0 Å². The zero-order valence-electron chi connectivity index (χ0n) is 17.0. The molecule has 0 saturated carbocycles. The maximum atomic E-state index is 12.1. The molecule has 1 aromatic rings. The summed E-state index contributed by atoms with van der Waals surface area (Å²) in [6.07, 6.45) is -1.26. The number of guanidine groups is 1. The highest BCUT2D eigenvalue weighted by Gasteiger charge is 2.27. The predicted molar refractivity (Wildman–Crippen MR) is 105 cm³/mol. The summed E-state index contributed by atoms with van der Waals surface area (Å²) in [5.74, 6) is 0.504. The topological polar surface area (TPSA) is 72.0 Å². The Hall–Kier alpha value is -2.29. The monoisotopic (exact) mass is 417 g/mol. The van der Waals surface area contributed by atoms with Crippen molar-refractivity contribution in [2.24, 2.45) is 4.99 Å². The number of alkyl halides is 3. The van der Waals surface area contributed by atoms with Crippen LogP contribution in [0.1, 0.15) is 43.7 Å². The van der Waals surface area contributed by atoms with Crippen molar-refractivity contribution < 1.29 is 27.4 Å². The minimum absolute atomic E-state index is 0.0801. The van der Waals surface area contributed by atoms with Crippen LogP contribution in [0.3, 0.4) is 0 Å². The molecule has 9 heteroatoms. The molecule has 6 nitrogen and oxygen atoms in total. The van der Waals surface area contributed by atoms with Gasteiger partial charge in [-0.3, -0.25) is 4.79 Å². The van der Waals surface area contributed by atoms with Gasteiger partial charge in [-0.05, 0) is 30.9 Å². The number of rotatable bonds is 12. The van der Waals surface area contributed by atoms with Crippen LogP contribution in [0, 0.1) is 0 Å². The SMILES string of the molecule is CCNC(=NCc1ccc(COCC(F)(F)F)cc1)NCCCCCC(=O)OC. The van der Waals surface area contributed by atoms with Crippen LogP contribution in [-0.2, 0) is 27.4 Å². The normalized spacial score (nSPS) is 12.0. The summed E-state index contributed by atoms with van der Waals surface area (Å²) < 4.78 is 45.5. The van der Waals surface area contributed by atoms with E-state index >= 15 is 0 Å². The van der Waals surface area contributed by atoms with Crippen LogP contribution in [0.15, 0.2) is 29.3 Å². The quantitative estimate of drug-likeness (QED) is 0.236. The standard InChI is InChI=1S/C20H30F3N3O3/c1-3-24-19(25-12-6-4-5-7-18(27)28-2)26-13-16-8-10-17(11-9-16)14-29-15-20(21,22)23/h8-11H,3-7,12-15H2,1-2H3,(H2,24,25,26). The maximum absolute atomic E-state index is 12.1. The second-order valence-electron chi connectivity index (χ2n) is 6.43. The van der Waals surface area contributed by atoms with Crippen LogP contribution in [-0.4, -0.2) is 44.9 Å². The average molecular weight is 417 g/mol. The maximum Gasteiger partial charge on any atom is 0.411 e. The number of esters is 1.